The second kappa shape index (κ2) is 4.28. The summed E-state index contributed by atoms with van der Waals surface area (Å²) in [6.45, 7) is 0. The summed E-state index contributed by atoms with van der Waals surface area (Å²) >= 11 is 0. The van der Waals surface area contributed by atoms with Crippen molar-refractivity contribution < 1.29 is 9.59 Å². The van der Waals surface area contributed by atoms with E-state index in [0.717, 1.165) is 22.1 Å². The molecule has 0 radical (unpaired) electrons. The van der Waals surface area contributed by atoms with Gasteiger partial charge in [0.15, 0.2) is 0 Å². The quantitative estimate of drug-likeness (QED) is 0.759. The van der Waals surface area contributed by atoms with Crippen LogP contribution in [0.15, 0.2) is 36.4 Å². The minimum atomic E-state index is -0.643. The first-order valence-electron chi connectivity index (χ1n) is 6.02. The standard InChI is InChI=1S/C14H13N3O2/c15-12(18)7-11-14(19)17-10-6-2-4-8-3-1-5-9(16-11)13(8)10/h1-6,11,16H,7H2,(H2,15,18)(H,17,19)/t11-/m1/s1. The minimum Gasteiger partial charge on any atom is -0.373 e. The molecule has 1 aliphatic heterocycles. The van der Waals surface area contributed by atoms with Gasteiger partial charge >= 0.3 is 0 Å². The Morgan fingerprint density at radius 1 is 1.16 bits per heavy atom. The van der Waals surface area contributed by atoms with E-state index in [2.05, 4.69) is 10.6 Å². The molecule has 0 spiro atoms. The highest BCUT2D eigenvalue weighted by Crippen LogP contribution is 2.33. The molecule has 19 heavy (non-hydrogen) atoms. The number of carbonyl (C=O) groups excluding carboxylic acids is 2. The summed E-state index contributed by atoms with van der Waals surface area (Å²) in [7, 11) is 0. The topological polar surface area (TPSA) is 84.2 Å². The molecular weight excluding hydrogens is 242 g/mol. The summed E-state index contributed by atoms with van der Waals surface area (Å²) in [5, 5.41) is 7.90. The van der Waals surface area contributed by atoms with Crippen molar-refractivity contribution in [2.75, 3.05) is 10.6 Å². The molecule has 0 unspecified atom stereocenters. The van der Waals surface area contributed by atoms with Crippen LogP contribution in [0.3, 0.4) is 0 Å². The highest BCUT2D eigenvalue weighted by Gasteiger charge is 2.25. The lowest BCUT2D eigenvalue weighted by atomic mass is 10.1. The molecule has 2 aromatic carbocycles. The van der Waals surface area contributed by atoms with Crippen LogP contribution in [-0.2, 0) is 9.59 Å². The van der Waals surface area contributed by atoms with Gasteiger partial charge in [0, 0.05) is 11.1 Å². The summed E-state index contributed by atoms with van der Waals surface area (Å²) in [6, 6.07) is 10.8. The average molecular weight is 255 g/mol. The fourth-order valence-corrected chi connectivity index (χ4v) is 2.38. The van der Waals surface area contributed by atoms with Gasteiger partial charge in [-0.3, -0.25) is 9.59 Å². The predicted octanol–water partition coefficient (Wildman–Crippen LogP) is 1.45. The molecule has 0 aromatic heterocycles. The van der Waals surface area contributed by atoms with Crippen LogP contribution in [0.5, 0.6) is 0 Å². The van der Waals surface area contributed by atoms with E-state index in [0.29, 0.717) is 0 Å². The second-order valence-electron chi connectivity index (χ2n) is 4.57. The van der Waals surface area contributed by atoms with Crippen LogP contribution in [0.2, 0.25) is 0 Å². The molecule has 0 saturated carbocycles. The van der Waals surface area contributed by atoms with E-state index in [4.69, 9.17) is 5.73 Å². The van der Waals surface area contributed by atoms with Gasteiger partial charge in [0.1, 0.15) is 6.04 Å². The number of amides is 2. The molecule has 5 nitrogen and oxygen atoms in total. The molecule has 4 N–H and O–H groups in total. The molecule has 0 bridgehead atoms. The van der Waals surface area contributed by atoms with E-state index in [1.807, 2.05) is 36.4 Å². The lowest BCUT2D eigenvalue weighted by Crippen LogP contribution is -2.36. The summed E-state index contributed by atoms with van der Waals surface area (Å²) < 4.78 is 0. The molecule has 2 amide bonds. The predicted molar refractivity (Wildman–Crippen MR) is 73.8 cm³/mol. The van der Waals surface area contributed by atoms with E-state index in [1.165, 1.54) is 0 Å². The number of benzene rings is 2. The number of hydrogen-bond donors (Lipinski definition) is 3. The molecule has 1 atom stereocenters. The van der Waals surface area contributed by atoms with Crippen molar-refractivity contribution in [3.8, 4) is 0 Å². The van der Waals surface area contributed by atoms with Gasteiger partial charge in [0.2, 0.25) is 11.8 Å². The van der Waals surface area contributed by atoms with E-state index in [1.54, 1.807) is 0 Å². The lowest BCUT2D eigenvalue weighted by Gasteiger charge is -2.14. The monoisotopic (exact) mass is 255 g/mol. The maximum Gasteiger partial charge on any atom is 0.247 e. The fraction of sp³-hybridized carbons (Fsp3) is 0.143. The van der Waals surface area contributed by atoms with E-state index in [-0.39, 0.29) is 12.3 Å². The highest BCUT2D eigenvalue weighted by atomic mass is 16.2. The number of nitrogens with one attached hydrogen (secondary N) is 2. The maximum atomic E-state index is 12.1. The van der Waals surface area contributed by atoms with Gasteiger partial charge in [-0.25, -0.2) is 0 Å². The fourth-order valence-electron chi connectivity index (χ4n) is 2.38. The van der Waals surface area contributed by atoms with Crippen molar-refractivity contribution in [2.45, 2.75) is 12.5 Å². The second-order valence-corrected chi connectivity index (χ2v) is 4.57. The molecule has 0 fully saturated rings. The number of nitrogens with two attached hydrogens (primary N) is 1. The minimum absolute atomic E-state index is 0.0315. The maximum absolute atomic E-state index is 12.1. The number of hydrogen-bond acceptors (Lipinski definition) is 3. The van der Waals surface area contributed by atoms with Crippen molar-refractivity contribution in [3.05, 3.63) is 36.4 Å². The Kier molecular flexibility index (Phi) is 2.59. The third kappa shape index (κ3) is 1.99. The van der Waals surface area contributed by atoms with Gasteiger partial charge in [-0.05, 0) is 17.5 Å². The van der Waals surface area contributed by atoms with E-state index < -0.39 is 11.9 Å². The normalized spacial score (nSPS) is 17.5. The average Bonchev–Trinajstić information content (AvgIpc) is 2.49. The molecule has 5 heteroatoms. The first kappa shape index (κ1) is 11.5. The lowest BCUT2D eigenvalue weighted by molar-refractivity contribution is -0.122. The largest absolute Gasteiger partial charge is 0.373 e. The van der Waals surface area contributed by atoms with Gasteiger partial charge < -0.3 is 16.4 Å². The van der Waals surface area contributed by atoms with E-state index in [9.17, 15) is 9.59 Å². The molecular formula is C14H13N3O2. The van der Waals surface area contributed by atoms with Crippen LogP contribution in [0, 0.1) is 0 Å². The van der Waals surface area contributed by atoms with Crippen molar-refractivity contribution in [1.82, 2.24) is 0 Å². The zero-order valence-corrected chi connectivity index (χ0v) is 10.1. The third-order valence-electron chi connectivity index (χ3n) is 3.21. The zero-order chi connectivity index (χ0) is 13.4. The Labute approximate surface area is 109 Å². The first-order chi connectivity index (χ1) is 9.15. The summed E-state index contributed by atoms with van der Waals surface area (Å²) in [6.07, 6.45) is -0.0315. The van der Waals surface area contributed by atoms with Crippen LogP contribution < -0.4 is 16.4 Å². The van der Waals surface area contributed by atoms with Gasteiger partial charge in [0.05, 0.1) is 12.1 Å². The van der Waals surface area contributed by atoms with Crippen LogP contribution in [0.1, 0.15) is 6.42 Å². The van der Waals surface area contributed by atoms with Crippen LogP contribution in [0.4, 0.5) is 11.4 Å². The van der Waals surface area contributed by atoms with Crippen molar-refractivity contribution >= 4 is 34.0 Å². The molecule has 96 valence electrons. The van der Waals surface area contributed by atoms with Gasteiger partial charge in [-0.15, -0.1) is 0 Å². The summed E-state index contributed by atoms with van der Waals surface area (Å²) in [5.74, 6) is -0.756. The molecule has 0 saturated heterocycles. The summed E-state index contributed by atoms with van der Waals surface area (Å²) in [5.41, 5.74) is 6.76. The van der Waals surface area contributed by atoms with Crippen LogP contribution in [0.25, 0.3) is 10.8 Å². The Morgan fingerprint density at radius 3 is 2.53 bits per heavy atom. The SMILES string of the molecule is NC(=O)C[C@H]1Nc2cccc3cccc(c23)NC1=O. The smallest absolute Gasteiger partial charge is 0.247 e. The summed E-state index contributed by atoms with van der Waals surface area (Å²) in [4.78, 5) is 23.1. The third-order valence-corrected chi connectivity index (χ3v) is 3.21. The van der Waals surface area contributed by atoms with Crippen LogP contribution in [-0.4, -0.2) is 17.9 Å². The highest BCUT2D eigenvalue weighted by molar-refractivity contribution is 6.12. The Hall–Kier alpha value is -2.56. The number of primary amides is 1. The molecule has 2 aromatic rings. The molecule has 3 rings (SSSR count). The number of rotatable bonds is 2. The van der Waals surface area contributed by atoms with Crippen molar-refractivity contribution in [2.24, 2.45) is 5.73 Å². The van der Waals surface area contributed by atoms with Gasteiger partial charge in [0.25, 0.3) is 0 Å². The number of carbonyl (C=O) groups is 2. The first-order valence-corrected chi connectivity index (χ1v) is 6.02. The molecule has 0 aliphatic carbocycles. The molecule has 1 aliphatic rings. The van der Waals surface area contributed by atoms with Gasteiger partial charge in [-0.2, -0.15) is 0 Å². The zero-order valence-electron chi connectivity index (χ0n) is 10.1. The number of anilines is 2. The van der Waals surface area contributed by atoms with Crippen molar-refractivity contribution in [3.63, 3.8) is 0 Å². The Morgan fingerprint density at radius 2 is 1.84 bits per heavy atom. The van der Waals surface area contributed by atoms with Crippen molar-refractivity contribution in [1.29, 1.82) is 0 Å². The van der Waals surface area contributed by atoms with Crippen LogP contribution >= 0.6 is 0 Å². The Bertz CT molecular complexity index is 676. The molecule has 1 heterocycles. The van der Waals surface area contributed by atoms with E-state index >= 15 is 0 Å². The Balaban J connectivity index is 2.13. The van der Waals surface area contributed by atoms with Gasteiger partial charge in [-0.1, -0.05) is 24.3 Å².